The summed E-state index contributed by atoms with van der Waals surface area (Å²) in [6.45, 7) is 1.08. The average molecular weight is 336 g/mol. The number of aliphatic carboxylic acids is 1. The van der Waals surface area contributed by atoms with Gasteiger partial charge in [0.05, 0.1) is 0 Å². The summed E-state index contributed by atoms with van der Waals surface area (Å²) in [4.78, 5) is 19.5. The van der Waals surface area contributed by atoms with E-state index in [4.69, 9.17) is 15.6 Å². The molecule has 0 radical (unpaired) electrons. The summed E-state index contributed by atoms with van der Waals surface area (Å²) >= 11 is -1.40. The number of hydrogen-bond acceptors (Lipinski definition) is 4. The number of urea groups is 1. The van der Waals surface area contributed by atoms with Crippen LogP contribution in [0.1, 0.15) is 6.92 Å². The minimum atomic E-state index is -1.40. The fourth-order valence-corrected chi connectivity index (χ4v) is 3.08. The van der Waals surface area contributed by atoms with Gasteiger partial charge in [-0.15, -0.1) is 0 Å². The summed E-state index contributed by atoms with van der Waals surface area (Å²) in [5.74, 6) is -0.833. The molecule has 0 aliphatic rings. The quantitative estimate of drug-likeness (QED) is 0.409. The molecule has 0 saturated carbocycles. The van der Waals surface area contributed by atoms with Crippen LogP contribution in [0, 0.1) is 0 Å². The third kappa shape index (κ3) is 8.97. The Kier molecular flexibility index (Phi) is 7.95. The van der Waals surface area contributed by atoms with Crippen LogP contribution in [0.3, 0.4) is 0 Å². The van der Waals surface area contributed by atoms with Crippen LogP contribution in [0.5, 0.6) is 0 Å². The van der Waals surface area contributed by atoms with Gasteiger partial charge < -0.3 is 5.11 Å². The van der Waals surface area contributed by atoms with Crippen LogP contribution in [0.15, 0.2) is 24.3 Å². The standard InChI is InChI=1S/C7H9AsN2OS2.C2H4O2/c9-7(11)10-6-3-1-5(2-4-6)8(12)13;1-2(3)4/h1-4,12-13H,(H3,9,10,11);1H3,(H,3,4). The Bertz CT molecular complexity index is 380. The number of carbonyl (C=O) groups is 2. The number of thiol groups is 2. The summed E-state index contributed by atoms with van der Waals surface area (Å²) in [6.07, 6.45) is 0. The summed E-state index contributed by atoms with van der Waals surface area (Å²) in [6, 6.07) is 6.80. The molecule has 17 heavy (non-hydrogen) atoms. The van der Waals surface area contributed by atoms with E-state index in [9.17, 15) is 4.79 Å². The molecule has 0 heterocycles. The molecule has 94 valence electrons. The van der Waals surface area contributed by atoms with Gasteiger partial charge in [0.2, 0.25) is 0 Å². The number of amides is 2. The van der Waals surface area contributed by atoms with E-state index >= 15 is 0 Å². The van der Waals surface area contributed by atoms with Gasteiger partial charge in [0.15, 0.2) is 0 Å². The number of carboxylic acids is 1. The van der Waals surface area contributed by atoms with Crippen molar-refractivity contribution in [3.8, 4) is 0 Å². The van der Waals surface area contributed by atoms with Crippen LogP contribution in [0.2, 0.25) is 0 Å². The van der Waals surface area contributed by atoms with Crippen molar-refractivity contribution in [2.24, 2.45) is 5.73 Å². The predicted octanol–water partition coefficient (Wildman–Crippen LogP) is 0.823. The third-order valence-corrected chi connectivity index (χ3v) is 5.36. The van der Waals surface area contributed by atoms with E-state index in [1.807, 2.05) is 12.1 Å². The fourth-order valence-electron chi connectivity index (χ4n) is 0.820. The van der Waals surface area contributed by atoms with Crippen molar-refractivity contribution < 1.29 is 14.7 Å². The molecule has 1 rings (SSSR count). The Hall–Kier alpha value is -0.782. The van der Waals surface area contributed by atoms with E-state index in [-0.39, 0.29) is 0 Å². The first-order chi connectivity index (χ1) is 7.82. The molecule has 0 saturated heterocycles. The Morgan fingerprint density at radius 2 is 1.71 bits per heavy atom. The van der Waals surface area contributed by atoms with Gasteiger partial charge in [-0.05, 0) is 0 Å². The Balaban J connectivity index is 0.000000557. The molecule has 4 N–H and O–H groups in total. The molecular weight excluding hydrogens is 323 g/mol. The summed E-state index contributed by atoms with van der Waals surface area (Å²) in [7, 11) is 8.58. The summed E-state index contributed by atoms with van der Waals surface area (Å²) in [5.41, 5.74) is 5.64. The molecule has 0 bridgehead atoms. The molecule has 5 nitrogen and oxygen atoms in total. The van der Waals surface area contributed by atoms with Crippen LogP contribution in [0.4, 0.5) is 10.5 Å². The molecule has 0 aliphatic carbocycles. The van der Waals surface area contributed by atoms with Gasteiger partial charge in [0.1, 0.15) is 0 Å². The number of anilines is 1. The number of nitrogens with one attached hydrogen (secondary N) is 1. The summed E-state index contributed by atoms with van der Waals surface area (Å²) in [5, 5.41) is 9.89. The maximum atomic E-state index is 10.5. The third-order valence-electron chi connectivity index (χ3n) is 1.37. The van der Waals surface area contributed by atoms with Crippen molar-refractivity contribution in [1.29, 1.82) is 0 Å². The van der Waals surface area contributed by atoms with E-state index in [0.29, 0.717) is 5.69 Å². The van der Waals surface area contributed by atoms with E-state index in [0.717, 1.165) is 11.3 Å². The van der Waals surface area contributed by atoms with E-state index in [1.165, 1.54) is 0 Å². The molecule has 0 unspecified atom stereocenters. The molecule has 8 heteroatoms. The molecule has 1 aromatic carbocycles. The van der Waals surface area contributed by atoms with Gasteiger partial charge in [0.25, 0.3) is 5.97 Å². The van der Waals surface area contributed by atoms with Gasteiger partial charge in [-0.1, -0.05) is 0 Å². The zero-order valence-electron chi connectivity index (χ0n) is 8.99. The van der Waals surface area contributed by atoms with E-state index in [1.54, 1.807) is 12.1 Å². The molecule has 2 amide bonds. The zero-order valence-corrected chi connectivity index (χ0v) is 12.7. The molecule has 0 fully saturated rings. The molecule has 0 atom stereocenters. The van der Waals surface area contributed by atoms with Crippen molar-refractivity contribution in [2.75, 3.05) is 5.32 Å². The Morgan fingerprint density at radius 3 is 2.00 bits per heavy atom. The molecule has 0 aromatic heterocycles. The van der Waals surface area contributed by atoms with Crippen molar-refractivity contribution >= 4 is 56.2 Å². The Morgan fingerprint density at radius 1 is 1.29 bits per heavy atom. The average Bonchev–Trinajstić information content (AvgIpc) is 2.16. The molecular formula is C9H13AsN2O3S2. The van der Waals surface area contributed by atoms with E-state index < -0.39 is 24.3 Å². The number of nitrogens with two attached hydrogens (primary N) is 1. The maximum absolute atomic E-state index is 10.5. The second-order valence-electron chi connectivity index (χ2n) is 2.84. The molecule has 1 aromatic rings. The molecule has 0 aliphatic heterocycles. The monoisotopic (exact) mass is 336 g/mol. The van der Waals surface area contributed by atoms with Crippen LogP contribution in [-0.4, -0.2) is 29.4 Å². The number of primary amides is 1. The van der Waals surface area contributed by atoms with Crippen molar-refractivity contribution in [3.05, 3.63) is 24.3 Å². The summed E-state index contributed by atoms with van der Waals surface area (Å²) < 4.78 is 1.12. The second-order valence-corrected chi connectivity index (χ2v) is 10.9. The first-order valence-electron chi connectivity index (χ1n) is 4.37. The second kappa shape index (κ2) is 8.33. The Labute approximate surface area is 113 Å². The zero-order chi connectivity index (χ0) is 13.4. The van der Waals surface area contributed by atoms with E-state index in [2.05, 4.69) is 27.1 Å². The first-order valence-corrected chi connectivity index (χ1v) is 11.1. The number of carbonyl (C=O) groups excluding carboxylic acids is 1. The normalized spacial score (nSPS) is 9.18. The number of hydrogen-bond donors (Lipinski definition) is 5. The van der Waals surface area contributed by atoms with Crippen LogP contribution >= 0.6 is 21.8 Å². The van der Waals surface area contributed by atoms with Crippen molar-refractivity contribution in [1.82, 2.24) is 0 Å². The van der Waals surface area contributed by atoms with Gasteiger partial charge in [-0.25, -0.2) is 0 Å². The van der Waals surface area contributed by atoms with Gasteiger partial charge in [0, 0.05) is 6.92 Å². The van der Waals surface area contributed by atoms with Crippen molar-refractivity contribution in [3.63, 3.8) is 0 Å². The van der Waals surface area contributed by atoms with Crippen molar-refractivity contribution in [2.45, 2.75) is 6.92 Å². The fraction of sp³-hybridized carbons (Fsp3) is 0.111. The van der Waals surface area contributed by atoms with Gasteiger partial charge >= 0.3 is 90.3 Å². The van der Waals surface area contributed by atoms with Crippen LogP contribution < -0.4 is 15.4 Å². The van der Waals surface area contributed by atoms with Gasteiger partial charge in [-0.2, -0.15) is 0 Å². The SMILES string of the molecule is CC(=O)O.NC(=O)Nc1ccc([As](S)S)cc1. The van der Waals surface area contributed by atoms with Crippen LogP contribution in [0.25, 0.3) is 0 Å². The number of benzene rings is 1. The number of rotatable bonds is 2. The number of carboxylic acid groups (broad SMARTS) is 1. The van der Waals surface area contributed by atoms with Gasteiger partial charge in [-0.3, -0.25) is 4.79 Å². The predicted molar refractivity (Wildman–Crippen MR) is 76.3 cm³/mol. The first kappa shape index (κ1) is 16.2. The van der Waals surface area contributed by atoms with Crippen LogP contribution in [-0.2, 0) is 4.79 Å². The minimum absolute atomic E-state index is 0.557. The molecule has 0 spiro atoms. The topological polar surface area (TPSA) is 92.4 Å².